The van der Waals surface area contributed by atoms with Crippen molar-refractivity contribution < 1.29 is 9.59 Å². The molecule has 148 valence electrons. The molecule has 6 nitrogen and oxygen atoms in total. The number of carbonyl (C=O) groups excluding carboxylic acids is 2. The lowest BCUT2D eigenvalue weighted by molar-refractivity contribution is -0.147. The number of likely N-dealkylation sites (tertiary alicyclic amines) is 1. The monoisotopic (exact) mass is 372 g/mol. The SMILES string of the molecule is Cc1cc(NC(=O)C(=O)N2CCCC[C@H]2C2CCCC(C)(C)C2)cnc1N. The Labute approximate surface area is 161 Å². The molecule has 27 heavy (non-hydrogen) atoms. The number of nitrogens with zero attached hydrogens (tertiary/aromatic N) is 2. The van der Waals surface area contributed by atoms with Crippen molar-refractivity contribution >= 4 is 23.3 Å². The Morgan fingerprint density at radius 1 is 1.26 bits per heavy atom. The minimum Gasteiger partial charge on any atom is -0.383 e. The highest BCUT2D eigenvalue weighted by molar-refractivity contribution is 6.39. The van der Waals surface area contributed by atoms with E-state index in [9.17, 15) is 9.59 Å². The van der Waals surface area contributed by atoms with E-state index < -0.39 is 11.8 Å². The number of aromatic nitrogens is 1. The third-order valence-electron chi connectivity index (χ3n) is 6.17. The number of pyridine rings is 1. The van der Waals surface area contributed by atoms with Gasteiger partial charge in [-0.05, 0) is 68.4 Å². The minimum atomic E-state index is -0.581. The molecule has 3 N–H and O–H groups in total. The van der Waals surface area contributed by atoms with E-state index in [0.717, 1.165) is 37.7 Å². The van der Waals surface area contributed by atoms with Crippen LogP contribution in [0.4, 0.5) is 11.5 Å². The van der Waals surface area contributed by atoms with Crippen LogP contribution in [0, 0.1) is 18.3 Å². The van der Waals surface area contributed by atoms with E-state index in [0.29, 0.717) is 29.4 Å². The summed E-state index contributed by atoms with van der Waals surface area (Å²) in [5.74, 6) is -0.0814. The summed E-state index contributed by atoms with van der Waals surface area (Å²) in [4.78, 5) is 31.4. The predicted molar refractivity (Wildman–Crippen MR) is 107 cm³/mol. The molecule has 2 fully saturated rings. The largest absolute Gasteiger partial charge is 0.383 e. The van der Waals surface area contributed by atoms with Crippen LogP contribution in [0.2, 0.25) is 0 Å². The van der Waals surface area contributed by atoms with Crippen molar-refractivity contribution in [2.45, 2.75) is 71.8 Å². The summed E-state index contributed by atoms with van der Waals surface area (Å²) >= 11 is 0. The van der Waals surface area contributed by atoms with Crippen LogP contribution in [0.3, 0.4) is 0 Å². The third-order valence-corrected chi connectivity index (χ3v) is 6.17. The Kier molecular flexibility index (Phi) is 5.72. The molecule has 1 aromatic heterocycles. The number of nitrogens with one attached hydrogen (secondary N) is 1. The van der Waals surface area contributed by atoms with Crippen LogP contribution in [0.15, 0.2) is 12.3 Å². The van der Waals surface area contributed by atoms with E-state index in [4.69, 9.17) is 5.73 Å². The van der Waals surface area contributed by atoms with Crippen molar-refractivity contribution in [3.63, 3.8) is 0 Å². The molecule has 0 spiro atoms. The maximum atomic E-state index is 12.9. The first-order valence-corrected chi connectivity index (χ1v) is 10.1. The molecule has 0 bridgehead atoms. The third kappa shape index (κ3) is 4.60. The van der Waals surface area contributed by atoms with Gasteiger partial charge in [0, 0.05) is 12.6 Å². The highest BCUT2D eigenvalue weighted by atomic mass is 16.2. The summed E-state index contributed by atoms with van der Waals surface area (Å²) in [5.41, 5.74) is 7.33. The molecule has 1 aliphatic carbocycles. The van der Waals surface area contributed by atoms with E-state index in [1.807, 2.05) is 11.8 Å². The van der Waals surface area contributed by atoms with E-state index in [1.165, 1.54) is 19.0 Å². The van der Waals surface area contributed by atoms with E-state index >= 15 is 0 Å². The second-order valence-electron chi connectivity index (χ2n) is 8.96. The van der Waals surface area contributed by atoms with Crippen molar-refractivity contribution in [1.82, 2.24) is 9.88 Å². The molecular formula is C21H32N4O2. The van der Waals surface area contributed by atoms with Gasteiger partial charge >= 0.3 is 11.8 Å². The van der Waals surface area contributed by atoms with Gasteiger partial charge in [0.1, 0.15) is 5.82 Å². The van der Waals surface area contributed by atoms with Gasteiger partial charge in [0.15, 0.2) is 0 Å². The zero-order chi connectivity index (χ0) is 19.6. The molecule has 2 aliphatic rings. The number of hydrogen-bond donors (Lipinski definition) is 2. The average molecular weight is 373 g/mol. The summed E-state index contributed by atoms with van der Waals surface area (Å²) in [7, 11) is 0. The molecule has 6 heteroatoms. The fraction of sp³-hybridized carbons (Fsp3) is 0.667. The average Bonchev–Trinajstić information content (AvgIpc) is 2.63. The smallest absolute Gasteiger partial charge is 0.313 e. The van der Waals surface area contributed by atoms with E-state index in [1.54, 1.807) is 6.07 Å². The van der Waals surface area contributed by atoms with Crippen molar-refractivity contribution in [2.24, 2.45) is 11.3 Å². The van der Waals surface area contributed by atoms with Crippen molar-refractivity contribution in [2.75, 3.05) is 17.6 Å². The fourth-order valence-corrected chi connectivity index (χ4v) is 4.75. The summed E-state index contributed by atoms with van der Waals surface area (Å²) < 4.78 is 0. The fourth-order valence-electron chi connectivity index (χ4n) is 4.75. The van der Waals surface area contributed by atoms with Gasteiger partial charge in [-0.3, -0.25) is 9.59 Å². The van der Waals surface area contributed by atoms with Crippen LogP contribution in [0.1, 0.15) is 64.4 Å². The van der Waals surface area contributed by atoms with Gasteiger partial charge < -0.3 is 16.0 Å². The molecule has 3 rings (SSSR count). The number of hydrogen-bond acceptors (Lipinski definition) is 4. The summed E-state index contributed by atoms with van der Waals surface area (Å²) in [6.45, 7) is 7.13. The maximum Gasteiger partial charge on any atom is 0.313 e. The summed E-state index contributed by atoms with van der Waals surface area (Å²) in [6.07, 6.45) is 9.33. The molecule has 0 radical (unpaired) electrons. The molecule has 1 saturated carbocycles. The van der Waals surface area contributed by atoms with Gasteiger partial charge in [0.2, 0.25) is 0 Å². The second kappa shape index (κ2) is 7.87. The summed E-state index contributed by atoms with van der Waals surface area (Å²) in [5, 5.41) is 2.70. The zero-order valence-corrected chi connectivity index (χ0v) is 16.8. The number of rotatable bonds is 2. The number of aryl methyl sites for hydroxylation is 1. The van der Waals surface area contributed by atoms with Gasteiger partial charge in [-0.15, -0.1) is 0 Å². The highest BCUT2D eigenvalue weighted by Gasteiger charge is 2.39. The standard InChI is InChI=1S/C21H32N4O2/c1-14-11-16(13-23-18(14)22)24-19(26)20(27)25-10-5-4-8-17(25)15-7-6-9-21(2,3)12-15/h11,13,15,17H,4-10,12H2,1-3H3,(H2,22,23)(H,24,26)/t15?,17-/m0/s1. The number of nitrogen functional groups attached to an aromatic ring is 1. The van der Waals surface area contributed by atoms with Crippen LogP contribution in [0.25, 0.3) is 0 Å². The lowest BCUT2D eigenvalue weighted by atomic mass is 9.68. The Balaban J connectivity index is 1.70. The van der Waals surface area contributed by atoms with Crippen LogP contribution in [-0.2, 0) is 9.59 Å². The van der Waals surface area contributed by atoms with E-state index in [2.05, 4.69) is 24.1 Å². The number of anilines is 2. The molecular weight excluding hydrogens is 340 g/mol. The lowest BCUT2D eigenvalue weighted by Crippen LogP contribution is -2.52. The van der Waals surface area contributed by atoms with E-state index in [-0.39, 0.29) is 6.04 Å². The van der Waals surface area contributed by atoms with Gasteiger partial charge in [0.25, 0.3) is 0 Å². The van der Waals surface area contributed by atoms with Crippen molar-refractivity contribution in [3.8, 4) is 0 Å². The van der Waals surface area contributed by atoms with Crippen LogP contribution >= 0.6 is 0 Å². The second-order valence-corrected chi connectivity index (χ2v) is 8.96. The molecule has 1 aliphatic heterocycles. The zero-order valence-electron chi connectivity index (χ0n) is 16.8. The highest BCUT2D eigenvalue weighted by Crippen LogP contribution is 2.42. The number of nitrogens with two attached hydrogens (primary N) is 1. The van der Waals surface area contributed by atoms with Crippen LogP contribution < -0.4 is 11.1 Å². The van der Waals surface area contributed by atoms with Crippen molar-refractivity contribution in [3.05, 3.63) is 17.8 Å². The summed E-state index contributed by atoms with van der Waals surface area (Å²) in [6, 6.07) is 1.92. The molecule has 1 unspecified atom stereocenters. The Morgan fingerprint density at radius 2 is 2.04 bits per heavy atom. The number of amides is 2. The first kappa shape index (κ1) is 19.6. The normalized spacial score (nSPS) is 25.1. The van der Waals surface area contributed by atoms with Crippen LogP contribution in [-0.4, -0.2) is 34.3 Å². The molecule has 1 saturated heterocycles. The quantitative estimate of drug-likeness (QED) is 0.778. The Bertz CT molecular complexity index is 716. The molecule has 2 atom stereocenters. The predicted octanol–water partition coefficient (Wildman–Crippen LogP) is 3.51. The molecule has 2 heterocycles. The Hall–Kier alpha value is -2.11. The maximum absolute atomic E-state index is 12.9. The molecule has 1 aromatic rings. The van der Waals surface area contributed by atoms with Gasteiger partial charge in [-0.25, -0.2) is 4.98 Å². The number of carbonyl (C=O) groups is 2. The van der Waals surface area contributed by atoms with Gasteiger partial charge in [0.05, 0.1) is 11.9 Å². The lowest BCUT2D eigenvalue weighted by Gasteiger charge is -2.45. The first-order valence-electron chi connectivity index (χ1n) is 10.1. The molecule has 0 aromatic carbocycles. The number of piperidine rings is 1. The molecule has 2 amide bonds. The Morgan fingerprint density at radius 3 is 2.74 bits per heavy atom. The van der Waals surface area contributed by atoms with Gasteiger partial charge in [-0.1, -0.05) is 20.3 Å². The topological polar surface area (TPSA) is 88.3 Å². The van der Waals surface area contributed by atoms with Crippen molar-refractivity contribution in [1.29, 1.82) is 0 Å². The van der Waals surface area contributed by atoms with Crippen LogP contribution in [0.5, 0.6) is 0 Å². The minimum absolute atomic E-state index is 0.183. The van der Waals surface area contributed by atoms with Gasteiger partial charge in [-0.2, -0.15) is 0 Å². The first-order chi connectivity index (χ1) is 12.8.